The molecule has 1 aromatic carbocycles. The lowest BCUT2D eigenvalue weighted by Gasteiger charge is -2.13. The third kappa shape index (κ3) is 3.99. The smallest absolute Gasteiger partial charge is 0.251 e. The summed E-state index contributed by atoms with van der Waals surface area (Å²) < 4.78 is -0.963. The summed E-state index contributed by atoms with van der Waals surface area (Å²) in [6, 6.07) is 7.31. The Kier molecular flexibility index (Phi) is 5.27. The maximum atomic E-state index is 12.1. The van der Waals surface area contributed by atoms with E-state index in [2.05, 4.69) is 10.6 Å². The van der Waals surface area contributed by atoms with Crippen LogP contribution in [0.15, 0.2) is 24.3 Å². The first-order valence-electron chi connectivity index (χ1n) is 7.75. The first-order chi connectivity index (χ1) is 10.7. The number of alkyl halides is 2. The summed E-state index contributed by atoms with van der Waals surface area (Å²) in [4.78, 5) is 24.1. The second-order valence-corrected chi connectivity index (χ2v) is 7.86. The summed E-state index contributed by atoms with van der Waals surface area (Å²) in [5, 5.41) is 5.75. The molecule has 4 nitrogen and oxygen atoms in total. The molecule has 1 aliphatic rings. The summed E-state index contributed by atoms with van der Waals surface area (Å²) in [6.45, 7) is 6.12. The minimum Gasteiger partial charge on any atom is -0.351 e. The Morgan fingerprint density at radius 3 is 2.30 bits per heavy atom. The first kappa shape index (κ1) is 18.1. The summed E-state index contributed by atoms with van der Waals surface area (Å²) >= 11 is 12.0. The molecule has 1 saturated carbocycles. The number of carbonyl (C=O) groups excluding carboxylic acids is 2. The number of halogens is 2. The minimum atomic E-state index is -0.963. The fourth-order valence-corrected chi connectivity index (χ4v) is 2.91. The molecule has 23 heavy (non-hydrogen) atoms. The second-order valence-electron chi connectivity index (χ2n) is 6.38. The maximum Gasteiger partial charge on any atom is 0.251 e. The van der Waals surface area contributed by atoms with Gasteiger partial charge in [0.15, 0.2) is 0 Å². The van der Waals surface area contributed by atoms with E-state index >= 15 is 0 Å². The average Bonchev–Trinajstić information content (AvgIpc) is 3.04. The Morgan fingerprint density at radius 2 is 1.83 bits per heavy atom. The molecule has 2 rings (SSSR count). The topological polar surface area (TPSA) is 58.2 Å². The van der Waals surface area contributed by atoms with Gasteiger partial charge in [0, 0.05) is 18.2 Å². The molecule has 2 atom stereocenters. The SMILES string of the molecule is CCC(C)NC(=O)c1ccc(CNC(=O)C2(C)CC2(Cl)Cl)cc1. The van der Waals surface area contributed by atoms with Crippen molar-refractivity contribution in [1.29, 1.82) is 0 Å². The van der Waals surface area contributed by atoms with E-state index in [1.54, 1.807) is 19.1 Å². The Bertz CT molecular complexity index is 601. The number of amides is 2. The number of carbonyl (C=O) groups is 2. The zero-order valence-corrected chi connectivity index (χ0v) is 15.1. The van der Waals surface area contributed by atoms with Crippen molar-refractivity contribution in [2.24, 2.45) is 5.41 Å². The highest BCUT2D eigenvalue weighted by Crippen LogP contribution is 2.63. The molecule has 0 saturated heterocycles. The number of rotatable bonds is 6. The molecule has 0 radical (unpaired) electrons. The van der Waals surface area contributed by atoms with Crippen molar-refractivity contribution in [3.63, 3.8) is 0 Å². The van der Waals surface area contributed by atoms with E-state index in [0.29, 0.717) is 18.5 Å². The fourth-order valence-electron chi connectivity index (χ4n) is 2.21. The van der Waals surface area contributed by atoms with Crippen molar-refractivity contribution in [3.05, 3.63) is 35.4 Å². The Morgan fingerprint density at radius 1 is 1.26 bits per heavy atom. The quantitative estimate of drug-likeness (QED) is 0.767. The zero-order chi connectivity index (χ0) is 17.3. The summed E-state index contributed by atoms with van der Waals surface area (Å²) in [6.07, 6.45) is 1.35. The van der Waals surface area contributed by atoms with Crippen LogP contribution in [0.1, 0.15) is 49.5 Å². The van der Waals surface area contributed by atoms with Crippen LogP contribution in [-0.2, 0) is 11.3 Å². The van der Waals surface area contributed by atoms with Gasteiger partial charge in [-0.25, -0.2) is 0 Å². The van der Waals surface area contributed by atoms with Crippen molar-refractivity contribution >= 4 is 35.0 Å². The molecule has 1 fully saturated rings. The second kappa shape index (κ2) is 6.70. The van der Waals surface area contributed by atoms with Gasteiger partial charge in [-0.05, 0) is 44.4 Å². The van der Waals surface area contributed by atoms with Crippen molar-refractivity contribution in [1.82, 2.24) is 10.6 Å². The normalized spacial score (nSPS) is 23.0. The third-order valence-electron chi connectivity index (χ3n) is 4.42. The molecular weight excluding hydrogens is 335 g/mol. The Hall–Kier alpha value is -1.26. The van der Waals surface area contributed by atoms with Gasteiger partial charge in [0.25, 0.3) is 5.91 Å². The average molecular weight is 357 g/mol. The van der Waals surface area contributed by atoms with Gasteiger partial charge in [0.05, 0.1) is 5.41 Å². The summed E-state index contributed by atoms with van der Waals surface area (Å²) in [7, 11) is 0. The van der Waals surface area contributed by atoms with Gasteiger partial charge in [-0.15, -0.1) is 23.2 Å². The van der Waals surface area contributed by atoms with Gasteiger partial charge >= 0.3 is 0 Å². The van der Waals surface area contributed by atoms with Crippen LogP contribution in [0.2, 0.25) is 0 Å². The van der Waals surface area contributed by atoms with Gasteiger partial charge < -0.3 is 10.6 Å². The monoisotopic (exact) mass is 356 g/mol. The molecule has 0 bridgehead atoms. The molecule has 2 amide bonds. The standard InChI is InChI=1S/C17H22Cl2N2O2/c1-4-11(2)21-14(22)13-7-5-12(6-8-13)9-20-15(23)16(3)10-17(16,18)19/h5-8,11H,4,9-10H2,1-3H3,(H,20,23)(H,21,22). The summed E-state index contributed by atoms with van der Waals surface area (Å²) in [5.74, 6) is -0.240. The zero-order valence-electron chi connectivity index (χ0n) is 13.6. The molecule has 0 heterocycles. The van der Waals surface area contributed by atoms with E-state index in [4.69, 9.17) is 23.2 Å². The highest BCUT2D eigenvalue weighted by atomic mass is 35.5. The number of benzene rings is 1. The molecule has 6 heteroatoms. The van der Waals surface area contributed by atoms with Gasteiger partial charge in [0.1, 0.15) is 4.33 Å². The van der Waals surface area contributed by atoms with Crippen LogP contribution < -0.4 is 10.6 Å². The highest BCUT2D eigenvalue weighted by Gasteiger charge is 2.67. The van der Waals surface area contributed by atoms with Crippen molar-refractivity contribution in [3.8, 4) is 0 Å². The Balaban J connectivity index is 1.88. The predicted octanol–water partition coefficient (Wildman–Crippen LogP) is 3.42. The molecule has 2 N–H and O–H groups in total. The van der Waals surface area contributed by atoms with E-state index in [9.17, 15) is 9.59 Å². The third-order valence-corrected chi connectivity index (χ3v) is 5.52. The van der Waals surface area contributed by atoms with Crippen molar-refractivity contribution < 1.29 is 9.59 Å². The predicted molar refractivity (Wildman–Crippen MR) is 92.7 cm³/mol. The van der Waals surface area contributed by atoms with Crippen LogP contribution in [0.5, 0.6) is 0 Å². The number of hydrogen-bond donors (Lipinski definition) is 2. The largest absolute Gasteiger partial charge is 0.351 e. The minimum absolute atomic E-state index is 0.0884. The lowest BCUT2D eigenvalue weighted by Crippen LogP contribution is -2.33. The maximum absolute atomic E-state index is 12.1. The molecular formula is C17H22Cl2N2O2. The highest BCUT2D eigenvalue weighted by molar-refractivity contribution is 6.53. The van der Waals surface area contributed by atoms with E-state index in [-0.39, 0.29) is 17.9 Å². The van der Waals surface area contributed by atoms with Gasteiger partial charge in [0.2, 0.25) is 5.91 Å². The summed E-state index contributed by atoms with van der Waals surface area (Å²) in [5.41, 5.74) is 0.805. The van der Waals surface area contributed by atoms with Crippen LogP contribution in [-0.4, -0.2) is 22.2 Å². The molecule has 1 aromatic rings. The van der Waals surface area contributed by atoms with E-state index in [1.807, 2.05) is 26.0 Å². The van der Waals surface area contributed by atoms with Crippen LogP contribution in [0.4, 0.5) is 0 Å². The number of nitrogens with one attached hydrogen (secondary N) is 2. The molecule has 126 valence electrons. The molecule has 0 aromatic heterocycles. The van der Waals surface area contributed by atoms with Gasteiger partial charge in [-0.3, -0.25) is 9.59 Å². The van der Waals surface area contributed by atoms with E-state index < -0.39 is 9.75 Å². The fraction of sp³-hybridized carbons (Fsp3) is 0.529. The lowest BCUT2D eigenvalue weighted by molar-refractivity contribution is -0.125. The van der Waals surface area contributed by atoms with Gasteiger partial charge in [-0.1, -0.05) is 19.1 Å². The van der Waals surface area contributed by atoms with Gasteiger partial charge in [-0.2, -0.15) is 0 Å². The molecule has 0 spiro atoms. The lowest BCUT2D eigenvalue weighted by atomic mass is 10.1. The van der Waals surface area contributed by atoms with Crippen LogP contribution in [0, 0.1) is 5.41 Å². The van der Waals surface area contributed by atoms with Crippen LogP contribution >= 0.6 is 23.2 Å². The molecule has 0 aliphatic heterocycles. The van der Waals surface area contributed by atoms with E-state index in [1.165, 1.54) is 0 Å². The molecule has 1 aliphatic carbocycles. The van der Waals surface area contributed by atoms with E-state index in [0.717, 1.165) is 12.0 Å². The Labute approximate surface area is 146 Å². The van der Waals surface area contributed by atoms with Crippen LogP contribution in [0.25, 0.3) is 0 Å². The molecule has 2 unspecified atom stereocenters. The van der Waals surface area contributed by atoms with Crippen molar-refractivity contribution in [2.75, 3.05) is 0 Å². The first-order valence-corrected chi connectivity index (χ1v) is 8.51. The van der Waals surface area contributed by atoms with Crippen molar-refractivity contribution in [2.45, 2.75) is 50.5 Å². The van der Waals surface area contributed by atoms with Crippen LogP contribution in [0.3, 0.4) is 0 Å². The number of hydrogen-bond acceptors (Lipinski definition) is 2.